The molecule has 0 aliphatic carbocycles. The lowest BCUT2D eigenvalue weighted by atomic mass is 9.93. The second-order valence-corrected chi connectivity index (χ2v) is 7.55. The molecule has 1 heteroatoms. The van der Waals surface area contributed by atoms with E-state index < -0.39 is 0 Å². The standard InChI is InChI=1S/C28H29F/c1-3-4-6-9-23-12-14-24(15-13-23)16-17-25-18-19-27(28(29)21-25)20-22(2)26-10-7-5-8-11-26/h3-5,7-8,10-19,21-22H,6,9,20H2,1-2H3/b4-3+,17-16?/t22-/m0/s1. The second kappa shape index (κ2) is 10.6. The Hall–Kier alpha value is -2.93. The summed E-state index contributed by atoms with van der Waals surface area (Å²) in [6.45, 7) is 4.19. The van der Waals surface area contributed by atoms with E-state index in [0.717, 1.165) is 29.5 Å². The van der Waals surface area contributed by atoms with Crippen molar-refractivity contribution in [1.29, 1.82) is 0 Å². The van der Waals surface area contributed by atoms with Crippen LogP contribution in [0.1, 0.15) is 54.0 Å². The number of aryl methyl sites for hydroxylation is 1. The summed E-state index contributed by atoms with van der Waals surface area (Å²) in [5.41, 5.74) is 5.36. The van der Waals surface area contributed by atoms with Gasteiger partial charge in [0.15, 0.2) is 0 Å². The zero-order valence-electron chi connectivity index (χ0n) is 17.3. The topological polar surface area (TPSA) is 0 Å². The third-order valence-electron chi connectivity index (χ3n) is 5.26. The number of benzene rings is 3. The van der Waals surface area contributed by atoms with Crippen LogP contribution in [0.25, 0.3) is 12.2 Å². The minimum absolute atomic E-state index is 0.130. The molecule has 148 valence electrons. The molecule has 0 nitrogen and oxygen atoms in total. The Morgan fingerprint density at radius 3 is 2.24 bits per heavy atom. The molecule has 0 aliphatic rings. The molecule has 0 spiro atoms. The highest BCUT2D eigenvalue weighted by atomic mass is 19.1. The first-order chi connectivity index (χ1) is 14.2. The van der Waals surface area contributed by atoms with E-state index >= 15 is 0 Å². The predicted molar refractivity (Wildman–Crippen MR) is 123 cm³/mol. The molecule has 0 aromatic heterocycles. The molecule has 0 amide bonds. The summed E-state index contributed by atoms with van der Waals surface area (Å²) in [6, 6.07) is 24.4. The van der Waals surface area contributed by atoms with Gasteiger partial charge in [0.2, 0.25) is 0 Å². The van der Waals surface area contributed by atoms with Crippen LogP contribution in [0.5, 0.6) is 0 Å². The summed E-state index contributed by atoms with van der Waals surface area (Å²) >= 11 is 0. The number of allylic oxidation sites excluding steroid dienone is 2. The van der Waals surface area contributed by atoms with Gasteiger partial charge in [0.1, 0.15) is 5.82 Å². The van der Waals surface area contributed by atoms with Crippen molar-refractivity contribution in [2.45, 2.75) is 39.0 Å². The Morgan fingerprint density at radius 2 is 1.55 bits per heavy atom. The predicted octanol–water partition coefficient (Wildman–Crippen LogP) is 7.85. The smallest absolute Gasteiger partial charge is 0.127 e. The Morgan fingerprint density at radius 1 is 0.862 bits per heavy atom. The Balaban J connectivity index is 1.62. The Bertz CT molecular complexity index is 949. The van der Waals surface area contributed by atoms with Gasteiger partial charge in [0.25, 0.3) is 0 Å². The van der Waals surface area contributed by atoms with Crippen molar-refractivity contribution < 1.29 is 4.39 Å². The Kier molecular flexibility index (Phi) is 7.58. The highest BCUT2D eigenvalue weighted by molar-refractivity contribution is 5.69. The molecule has 0 fully saturated rings. The van der Waals surface area contributed by atoms with Gasteiger partial charge in [-0.25, -0.2) is 4.39 Å². The molecule has 3 aromatic carbocycles. The van der Waals surface area contributed by atoms with E-state index in [0.29, 0.717) is 12.3 Å². The van der Waals surface area contributed by atoms with Gasteiger partial charge in [-0.15, -0.1) is 0 Å². The van der Waals surface area contributed by atoms with Gasteiger partial charge in [-0.3, -0.25) is 0 Å². The molecule has 29 heavy (non-hydrogen) atoms. The first-order valence-electron chi connectivity index (χ1n) is 10.4. The highest BCUT2D eigenvalue weighted by Gasteiger charge is 2.10. The molecule has 0 N–H and O–H groups in total. The van der Waals surface area contributed by atoms with Crippen molar-refractivity contribution in [3.05, 3.63) is 119 Å². The van der Waals surface area contributed by atoms with Gasteiger partial charge in [-0.1, -0.05) is 98.0 Å². The average Bonchev–Trinajstić information content (AvgIpc) is 2.75. The van der Waals surface area contributed by atoms with Crippen molar-refractivity contribution in [2.75, 3.05) is 0 Å². The minimum Gasteiger partial charge on any atom is -0.207 e. The summed E-state index contributed by atoms with van der Waals surface area (Å²) in [5, 5.41) is 0. The van der Waals surface area contributed by atoms with Crippen LogP contribution >= 0.6 is 0 Å². The maximum atomic E-state index is 14.6. The molecule has 0 heterocycles. The third kappa shape index (κ3) is 6.29. The first-order valence-corrected chi connectivity index (χ1v) is 10.4. The van der Waals surface area contributed by atoms with E-state index in [4.69, 9.17) is 0 Å². The van der Waals surface area contributed by atoms with Crippen molar-refractivity contribution in [3.63, 3.8) is 0 Å². The summed E-state index contributed by atoms with van der Waals surface area (Å²) in [4.78, 5) is 0. The van der Waals surface area contributed by atoms with E-state index in [9.17, 15) is 4.39 Å². The molecule has 1 atom stereocenters. The third-order valence-corrected chi connectivity index (χ3v) is 5.26. The fourth-order valence-corrected chi connectivity index (χ4v) is 3.47. The molecule has 0 aliphatic heterocycles. The zero-order valence-corrected chi connectivity index (χ0v) is 17.3. The summed E-state index contributed by atoms with van der Waals surface area (Å²) < 4.78 is 14.6. The molecule has 3 rings (SSSR count). The average molecular weight is 385 g/mol. The van der Waals surface area contributed by atoms with Crippen molar-refractivity contribution in [1.82, 2.24) is 0 Å². The van der Waals surface area contributed by atoms with Crippen molar-refractivity contribution in [2.24, 2.45) is 0 Å². The zero-order chi connectivity index (χ0) is 20.5. The molecule has 3 aromatic rings. The van der Waals surface area contributed by atoms with Crippen LogP contribution in [0.4, 0.5) is 4.39 Å². The number of hydrogen-bond acceptors (Lipinski definition) is 0. The van der Waals surface area contributed by atoms with Crippen molar-refractivity contribution >= 4 is 12.2 Å². The van der Waals surface area contributed by atoms with Gasteiger partial charge in [0.05, 0.1) is 0 Å². The van der Waals surface area contributed by atoms with Gasteiger partial charge >= 0.3 is 0 Å². The van der Waals surface area contributed by atoms with Crippen LogP contribution in [-0.4, -0.2) is 0 Å². The lowest BCUT2D eigenvalue weighted by molar-refractivity contribution is 0.597. The van der Waals surface area contributed by atoms with Gasteiger partial charge in [-0.05, 0) is 66.0 Å². The van der Waals surface area contributed by atoms with Crippen LogP contribution in [0.2, 0.25) is 0 Å². The van der Waals surface area contributed by atoms with Crippen molar-refractivity contribution in [3.8, 4) is 0 Å². The van der Waals surface area contributed by atoms with Crippen LogP contribution in [0.3, 0.4) is 0 Å². The normalized spacial score (nSPS) is 12.7. The second-order valence-electron chi connectivity index (χ2n) is 7.55. The van der Waals surface area contributed by atoms with Crippen LogP contribution in [0.15, 0.2) is 84.9 Å². The maximum Gasteiger partial charge on any atom is 0.127 e. The SMILES string of the molecule is C/C=C/CCc1ccc(C=Cc2ccc(C[C@H](C)c3ccccc3)c(F)c2)cc1. The summed E-state index contributed by atoms with van der Waals surface area (Å²) in [6.07, 6.45) is 11.1. The number of hydrogen-bond donors (Lipinski definition) is 0. The van der Waals surface area contributed by atoms with E-state index in [1.54, 1.807) is 6.07 Å². The fourth-order valence-electron chi connectivity index (χ4n) is 3.47. The number of rotatable bonds is 8. The van der Waals surface area contributed by atoms with Gasteiger partial charge < -0.3 is 0 Å². The maximum absolute atomic E-state index is 14.6. The quantitative estimate of drug-likeness (QED) is 0.274. The molecule has 0 saturated heterocycles. The summed E-state index contributed by atoms with van der Waals surface area (Å²) in [7, 11) is 0. The van der Waals surface area contributed by atoms with Crippen LogP contribution in [-0.2, 0) is 12.8 Å². The first kappa shape index (κ1) is 20.8. The fraction of sp³-hybridized carbons (Fsp3) is 0.214. The lowest BCUT2D eigenvalue weighted by Gasteiger charge is -2.13. The molecule has 0 unspecified atom stereocenters. The van der Waals surface area contributed by atoms with Crippen LogP contribution < -0.4 is 0 Å². The largest absolute Gasteiger partial charge is 0.207 e. The van der Waals surface area contributed by atoms with E-state index in [-0.39, 0.29) is 5.82 Å². The molecule has 0 bridgehead atoms. The molecular formula is C28H29F. The van der Waals surface area contributed by atoms with Gasteiger partial charge in [0, 0.05) is 0 Å². The lowest BCUT2D eigenvalue weighted by Crippen LogP contribution is -2.00. The highest BCUT2D eigenvalue weighted by Crippen LogP contribution is 2.23. The molecule has 0 saturated carbocycles. The molecular weight excluding hydrogens is 355 g/mol. The van der Waals surface area contributed by atoms with E-state index in [1.165, 1.54) is 11.1 Å². The van der Waals surface area contributed by atoms with E-state index in [1.807, 2.05) is 49.4 Å². The number of halogens is 1. The summed E-state index contributed by atoms with van der Waals surface area (Å²) in [5.74, 6) is 0.160. The minimum atomic E-state index is -0.130. The monoisotopic (exact) mass is 384 g/mol. The van der Waals surface area contributed by atoms with Gasteiger partial charge in [-0.2, -0.15) is 0 Å². The van der Waals surface area contributed by atoms with E-state index in [2.05, 4.69) is 55.5 Å². The Labute approximate surface area is 174 Å². The van der Waals surface area contributed by atoms with Crippen LogP contribution in [0, 0.1) is 5.82 Å². The molecule has 0 radical (unpaired) electrons.